The Bertz CT molecular complexity index is 970. The molecule has 1 saturated heterocycles. The maximum Gasteiger partial charge on any atom is 0.326 e. The summed E-state index contributed by atoms with van der Waals surface area (Å²) in [5.41, 5.74) is 1.24. The first-order chi connectivity index (χ1) is 14.6. The molecule has 6 heteroatoms. The van der Waals surface area contributed by atoms with Gasteiger partial charge in [-0.3, -0.25) is 14.7 Å². The van der Waals surface area contributed by atoms with E-state index in [-0.39, 0.29) is 12.6 Å². The number of carbonyl (C=O) groups excluding carboxylic acids is 2. The molecule has 4 rings (SSSR count). The van der Waals surface area contributed by atoms with Crippen LogP contribution in [-0.4, -0.2) is 47.0 Å². The number of likely N-dealkylation sites (N-methyl/N-ethyl adjacent to an activating group) is 1. The van der Waals surface area contributed by atoms with Crippen LogP contribution in [0.4, 0.5) is 4.79 Å². The van der Waals surface area contributed by atoms with Crippen LogP contribution in [0.15, 0.2) is 85.1 Å². The molecular formula is C24H24N4O2. The molecule has 0 unspecified atom stereocenters. The molecule has 2 aromatic carbocycles. The van der Waals surface area contributed by atoms with Crippen LogP contribution in [0.1, 0.15) is 16.8 Å². The van der Waals surface area contributed by atoms with Crippen molar-refractivity contribution < 1.29 is 9.59 Å². The van der Waals surface area contributed by atoms with E-state index in [1.54, 1.807) is 6.20 Å². The zero-order valence-electron chi connectivity index (χ0n) is 16.9. The molecule has 3 aromatic rings. The first kappa shape index (κ1) is 19.8. The van der Waals surface area contributed by atoms with Gasteiger partial charge in [-0.15, -0.1) is 0 Å². The first-order valence-electron chi connectivity index (χ1n) is 9.95. The van der Waals surface area contributed by atoms with E-state index in [2.05, 4.69) is 10.3 Å². The normalized spacial score (nSPS) is 15.5. The molecule has 2 heterocycles. The van der Waals surface area contributed by atoms with Crippen LogP contribution < -0.4 is 5.32 Å². The summed E-state index contributed by atoms with van der Waals surface area (Å²) in [6.45, 7) is 0.886. The number of rotatable bonds is 7. The third-order valence-corrected chi connectivity index (χ3v) is 5.38. The number of hydrogen-bond donors (Lipinski definition) is 1. The summed E-state index contributed by atoms with van der Waals surface area (Å²) in [4.78, 5) is 34.1. The smallest absolute Gasteiger partial charge is 0.315 e. The molecule has 152 valence electrons. The van der Waals surface area contributed by atoms with Crippen molar-refractivity contribution in [3.05, 3.63) is 102 Å². The minimum atomic E-state index is -1.22. The average Bonchev–Trinajstić information content (AvgIpc) is 3.05. The Morgan fingerprint density at radius 1 is 0.900 bits per heavy atom. The Kier molecular flexibility index (Phi) is 5.59. The lowest BCUT2D eigenvalue weighted by Gasteiger charge is -2.28. The van der Waals surface area contributed by atoms with Gasteiger partial charge in [0, 0.05) is 24.9 Å². The van der Waals surface area contributed by atoms with E-state index in [4.69, 9.17) is 0 Å². The SMILES string of the molecule is CN(CCc1ccccn1)CN1C(=O)NC(c2ccccc2)(c2ccccc2)C1=O. The lowest BCUT2D eigenvalue weighted by Crippen LogP contribution is -2.46. The number of carbonyl (C=O) groups is 2. The zero-order valence-corrected chi connectivity index (χ0v) is 16.9. The van der Waals surface area contributed by atoms with Gasteiger partial charge in [-0.05, 0) is 30.3 Å². The van der Waals surface area contributed by atoms with E-state index >= 15 is 0 Å². The highest BCUT2D eigenvalue weighted by atomic mass is 16.2. The summed E-state index contributed by atoms with van der Waals surface area (Å²) in [7, 11) is 1.90. The van der Waals surface area contributed by atoms with Crippen molar-refractivity contribution in [2.24, 2.45) is 0 Å². The second-order valence-electron chi connectivity index (χ2n) is 7.44. The summed E-state index contributed by atoms with van der Waals surface area (Å²) in [5, 5.41) is 2.98. The Labute approximate surface area is 176 Å². The second kappa shape index (κ2) is 8.47. The maximum atomic E-state index is 13.7. The molecule has 0 atom stereocenters. The molecule has 0 aliphatic carbocycles. The highest BCUT2D eigenvalue weighted by Gasteiger charge is 2.53. The number of imide groups is 1. The molecule has 0 bridgehead atoms. The maximum absolute atomic E-state index is 13.7. The number of pyridine rings is 1. The van der Waals surface area contributed by atoms with Gasteiger partial charge in [0.05, 0.1) is 6.67 Å². The summed E-state index contributed by atoms with van der Waals surface area (Å²) >= 11 is 0. The summed E-state index contributed by atoms with van der Waals surface area (Å²) in [6, 6.07) is 24.2. The van der Waals surface area contributed by atoms with Crippen LogP contribution >= 0.6 is 0 Å². The molecule has 1 fully saturated rings. The highest BCUT2D eigenvalue weighted by molar-refractivity contribution is 6.09. The molecule has 30 heavy (non-hydrogen) atoms. The fourth-order valence-corrected chi connectivity index (χ4v) is 3.80. The molecule has 0 saturated carbocycles. The Morgan fingerprint density at radius 3 is 2.07 bits per heavy atom. The molecule has 1 aromatic heterocycles. The molecule has 6 nitrogen and oxygen atoms in total. The number of nitrogens with zero attached hydrogens (tertiary/aromatic N) is 3. The van der Waals surface area contributed by atoms with E-state index in [0.29, 0.717) is 6.54 Å². The number of aromatic nitrogens is 1. The van der Waals surface area contributed by atoms with Gasteiger partial charge in [-0.25, -0.2) is 9.69 Å². The van der Waals surface area contributed by atoms with Crippen LogP contribution in [0.25, 0.3) is 0 Å². The van der Waals surface area contributed by atoms with Crippen LogP contribution in [0, 0.1) is 0 Å². The van der Waals surface area contributed by atoms with E-state index in [9.17, 15) is 9.59 Å². The molecule has 0 radical (unpaired) electrons. The van der Waals surface area contributed by atoms with Gasteiger partial charge in [-0.1, -0.05) is 66.7 Å². The van der Waals surface area contributed by atoms with Gasteiger partial charge in [0.25, 0.3) is 5.91 Å². The zero-order chi connectivity index (χ0) is 21.0. The predicted molar refractivity (Wildman–Crippen MR) is 114 cm³/mol. The Morgan fingerprint density at radius 2 is 1.50 bits per heavy atom. The lowest BCUT2D eigenvalue weighted by molar-refractivity contribution is -0.131. The van der Waals surface area contributed by atoms with Gasteiger partial charge >= 0.3 is 6.03 Å². The summed E-state index contributed by atoms with van der Waals surface area (Å²) < 4.78 is 0. The highest BCUT2D eigenvalue weighted by Crippen LogP contribution is 2.35. The first-order valence-corrected chi connectivity index (χ1v) is 9.95. The van der Waals surface area contributed by atoms with E-state index < -0.39 is 11.6 Å². The number of hydrogen-bond acceptors (Lipinski definition) is 4. The van der Waals surface area contributed by atoms with Crippen LogP contribution in [0.2, 0.25) is 0 Å². The Balaban J connectivity index is 1.58. The van der Waals surface area contributed by atoms with Crippen molar-refractivity contribution >= 4 is 11.9 Å². The quantitative estimate of drug-likeness (QED) is 0.619. The largest absolute Gasteiger partial charge is 0.326 e. The summed E-state index contributed by atoms with van der Waals surface area (Å²) in [6.07, 6.45) is 2.50. The standard InChI is InChI=1S/C24H24N4O2/c1-27(17-15-21-14-8-9-16-25-21)18-28-22(29)24(26-23(28)30,19-10-4-2-5-11-19)20-12-6-3-7-13-20/h2-14,16H,15,17-18H2,1H3,(H,26,30). The summed E-state index contributed by atoms with van der Waals surface area (Å²) in [5.74, 6) is -0.269. The van der Waals surface area contributed by atoms with Crippen molar-refractivity contribution in [2.45, 2.75) is 12.0 Å². The van der Waals surface area contributed by atoms with E-state index in [1.807, 2.05) is 90.8 Å². The number of amides is 3. The second-order valence-corrected chi connectivity index (χ2v) is 7.44. The van der Waals surface area contributed by atoms with Gasteiger partial charge in [0.2, 0.25) is 0 Å². The van der Waals surface area contributed by atoms with Gasteiger partial charge in [-0.2, -0.15) is 0 Å². The monoisotopic (exact) mass is 400 g/mol. The van der Waals surface area contributed by atoms with Crippen molar-refractivity contribution in [1.82, 2.24) is 20.1 Å². The van der Waals surface area contributed by atoms with Crippen molar-refractivity contribution in [3.8, 4) is 0 Å². The minimum Gasteiger partial charge on any atom is -0.315 e. The molecule has 1 N–H and O–H groups in total. The van der Waals surface area contributed by atoms with E-state index in [0.717, 1.165) is 23.2 Å². The third-order valence-electron chi connectivity index (χ3n) is 5.38. The third kappa shape index (κ3) is 3.69. The lowest BCUT2D eigenvalue weighted by atomic mass is 9.83. The predicted octanol–water partition coefficient (Wildman–Crippen LogP) is 3.01. The van der Waals surface area contributed by atoms with Crippen molar-refractivity contribution in [1.29, 1.82) is 0 Å². The van der Waals surface area contributed by atoms with Crippen LogP contribution in [0.5, 0.6) is 0 Å². The molecule has 3 amide bonds. The fourth-order valence-electron chi connectivity index (χ4n) is 3.80. The van der Waals surface area contributed by atoms with E-state index in [1.165, 1.54) is 4.90 Å². The number of nitrogens with one attached hydrogen (secondary N) is 1. The molecular weight excluding hydrogens is 376 g/mol. The van der Waals surface area contributed by atoms with Gasteiger partial charge in [0.15, 0.2) is 5.54 Å². The van der Waals surface area contributed by atoms with Crippen LogP contribution in [0.3, 0.4) is 0 Å². The van der Waals surface area contributed by atoms with Gasteiger partial charge < -0.3 is 5.32 Å². The fraction of sp³-hybridized carbons (Fsp3) is 0.208. The Hall–Kier alpha value is -3.51. The molecule has 1 aliphatic heterocycles. The number of benzene rings is 2. The topological polar surface area (TPSA) is 65.5 Å². The minimum absolute atomic E-state index is 0.207. The average molecular weight is 400 g/mol. The van der Waals surface area contributed by atoms with Crippen molar-refractivity contribution in [3.63, 3.8) is 0 Å². The van der Waals surface area contributed by atoms with Crippen molar-refractivity contribution in [2.75, 3.05) is 20.3 Å². The number of urea groups is 1. The molecule has 0 spiro atoms. The van der Waals surface area contributed by atoms with Crippen LogP contribution in [-0.2, 0) is 16.8 Å². The molecule has 1 aliphatic rings. The van der Waals surface area contributed by atoms with Gasteiger partial charge in [0.1, 0.15) is 0 Å².